The minimum Gasteiger partial charge on any atom is -0.493 e. The maximum Gasteiger partial charge on any atom is 0.269 e. The highest BCUT2D eigenvalue weighted by Crippen LogP contribution is 2.36. The van der Waals surface area contributed by atoms with E-state index in [4.69, 9.17) is 9.47 Å². The molecule has 30 heavy (non-hydrogen) atoms. The molecule has 4 rings (SSSR count). The molecule has 0 bridgehead atoms. The van der Waals surface area contributed by atoms with Crippen molar-refractivity contribution in [2.24, 2.45) is 0 Å². The zero-order valence-electron chi connectivity index (χ0n) is 16.5. The topological polar surface area (TPSA) is 57.5 Å². The molecule has 0 unspecified atom stereocenters. The van der Waals surface area contributed by atoms with Crippen molar-refractivity contribution in [1.29, 1.82) is 0 Å². The van der Waals surface area contributed by atoms with Crippen molar-refractivity contribution < 1.29 is 17.9 Å². The van der Waals surface area contributed by atoms with Crippen LogP contribution in [0, 0.1) is 0 Å². The highest BCUT2D eigenvalue weighted by atomic mass is 79.9. The fourth-order valence-electron chi connectivity index (χ4n) is 3.54. The molecule has 0 fully saturated rings. The number of para-hydroxylation sites is 1. The number of benzene rings is 3. The summed E-state index contributed by atoms with van der Waals surface area (Å²) in [6.45, 7) is 0. The predicted molar refractivity (Wildman–Crippen MR) is 121 cm³/mol. The van der Waals surface area contributed by atoms with Crippen molar-refractivity contribution in [2.45, 2.75) is 11.3 Å². The normalized spacial score (nSPS) is 11.6. The molecular weight excluding hydrogens is 466 g/mol. The Morgan fingerprint density at radius 1 is 0.867 bits per heavy atom. The number of ether oxygens (including phenoxy) is 2. The summed E-state index contributed by atoms with van der Waals surface area (Å²) in [6, 6.07) is 21.6. The number of halogens is 1. The first-order valence-electron chi connectivity index (χ1n) is 9.26. The van der Waals surface area contributed by atoms with Crippen LogP contribution >= 0.6 is 15.9 Å². The number of methoxy groups -OCH3 is 2. The largest absolute Gasteiger partial charge is 0.493 e. The summed E-state index contributed by atoms with van der Waals surface area (Å²) in [7, 11) is -0.580. The van der Waals surface area contributed by atoms with E-state index in [1.54, 1.807) is 44.6 Å². The summed E-state index contributed by atoms with van der Waals surface area (Å²) in [5.41, 5.74) is 2.49. The van der Waals surface area contributed by atoms with Crippen molar-refractivity contribution in [1.82, 2.24) is 3.97 Å². The first-order valence-corrected chi connectivity index (χ1v) is 11.5. The Balaban J connectivity index is 1.88. The summed E-state index contributed by atoms with van der Waals surface area (Å²) in [5.74, 6) is 1.28. The molecule has 0 N–H and O–H groups in total. The van der Waals surface area contributed by atoms with Gasteiger partial charge in [-0.25, -0.2) is 12.4 Å². The average Bonchev–Trinajstić information content (AvgIpc) is 3.06. The molecule has 154 valence electrons. The van der Waals surface area contributed by atoms with Crippen LogP contribution in [0.2, 0.25) is 0 Å². The van der Waals surface area contributed by atoms with Gasteiger partial charge in [0.15, 0.2) is 11.5 Å². The van der Waals surface area contributed by atoms with Crippen molar-refractivity contribution >= 4 is 36.9 Å². The Labute approximate surface area is 184 Å². The SMILES string of the molecule is COc1ccc(Cc2c(Br)n(S(=O)(=O)c3ccccc3)c3ccccc23)cc1OC. The first kappa shape index (κ1) is 20.5. The van der Waals surface area contributed by atoms with Crippen LogP contribution in [0.3, 0.4) is 0 Å². The van der Waals surface area contributed by atoms with Gasteiger partial charge in [0.25, 0.3) is 10.0 Å². The molecular formula is C23H20BrNO4S. The number of rotatable bonds is 6. The van der Waals surface area contributed by atoms with Crippen molar-refractivity contribution in [3.63, 3.8) is 0 Å². The van der Waals surface area contributed by atoms with Crippen molar-refractivity contribution in [3.8, 4) is 11.5 Å². The van der Waals surface area contributed by atoms with Crippen molar-refractivity contribution in [2.75, 3.05) is 14.2 Å². The van der Waals surface area contributed by atoms with Gasteiger partial charge in [-0.2, -0.15) is 0 Å². The zero-order chi connectivity index (χ0) is 21.3. The number of aromatic nitrogens is 1. The zero-order valence-corrected chi connectivity index (χ0v) is 18.9. The van der Waals surface area contributed by atoms with Gasteiger partial charge in [-0.3, -0.25) is 0 Å². The molecule has 3 aromatic carbocycles. The fraction of sp³-hybridized carbons (Fsp3) is 0.130. The number of nitrogens with zero attached hydrogens (tertiary/aromatic N) is 1. The van der Waals surface area contributed by atoms with E-state index in [0.717, 1.165) is 16.5 Å². The van der Waals surface area contributed by atoms with Gasteiger partial charge in [0.2, 0.25) is 0 Å². The lowest BCUT2D eigenvalue weighted by molar-refractivity contribution is 0.354. The molecule has 4 aromatic rings. The molecule has 1 aromatic heterocycles. The average molecular weight is 486 g/mol. The second-order valence-corrected chi connectivity index (χ2v) is 9.27. The third-order valence-electron chi connectivity index (χ3n) is 4.99. The molecule has 0 radical (unpaired) electrons. The Kier molecular flexibility index (Phi) is 5.58. The number of hydrogen-bond donors (Lipinski definition) is 0. The molecule has 0 aliphatic heterocycles. The van der Waals surface area contributed by atoms with E-state index in [1.165, 1.54) is 3.97 Å². The van der Waals surface area contributed by atoms with E-state index >= 15 is 0 Å². The molecule has 1 heterocycles. The maximum absolute atomic E-state index is 13.4. The van der Waals surface area contributed by atoms with E-state index in [9.17, 15) is 8.42 Å². The van der Waals surface area contributed by atoms with Gasteiger partial charge in [-0.1, -0.05) is 42.5 Å². The minimum atomic E-state index is -3.77. The molecule has 0 aliphatic rings. The van der Waals surface area contributed by atoms with Crippen molar-refractivity contribution in [3.05, 3.63) is 88.5 Å². The lowest BCUT2D eigenvalue weighted by atomic mass is 10.0. The van der Waals surface area contributed by atoms with Crippen LogP contribution in [0.4, 0.5) is 0 Å². The van der Waals surface area contributed by atoms with Gasteiger partial charge < -0.3 is 9.47 Å². The van der Waals surface area contributed by atoms with Crippen LogP contribution in [0.25, 0.3) is 10.9 Å². The van der Waals surface area contributed by atoms with E-state index < -0.39 is 10.0 Å². The minimum absolute atomic E-state index is 0.240. The quantitative estimate of drug-likeness (QED) is 0.374. The monoisotopic (exact) mass is 485 g/mol. The van der Waals surface area contributed by atoms with E-state index in [2.05, 4.69) is 15.9 Å². The molecule has 0 atom stereocenters. The third kappa shape index (κ3) is 3.48. The van der Waals surface area contributed by atoms with Gasteiger partial charge in [0, 0.05) is 11.8 Å². The number of fused-ring (bicyclic) bond motifs is 1. The predicted octanol–water partition coefficient (Wildman–Crippen LogP) is 5.25. The van der Waals surface area contributed by atoms with Crippen LogP contribution in [0.15, 0.2) is 82.3 Å². The smallest absolute Gasteiger partial charge is 0.269 e. The maximum atomic E-state index is 13.4. The lowest BCUT2D eigenvalue weighted by Crippen LogP contribution is -2.13. The van der Waals surface area contributed by atoms with Gasteiger partial charge >= 0.3 is 0 Å². The molecule has 0 saturated heterocycles. The van der Waals surface area contributed by atoms with Crippen LogP contribution in [0.5, 0.6) is 11.5 Å². The summed E-state index contributed by atoms with van der Waals surface area (Å²) < 4.78 is 39.4. The molecule has 0 amide bonds. The standard InChI is InChI=1S/C23H20BrNO4S/c1-28-21-13-12-16(15-22(21)29-2)14-19-18-10-6-7-11-20(18)25(23(19)24)30(26,27)17-8-4-3-5-9-17/h3-13,15H,14H2,1-2H3. The second-order valence-electron chi connectivity index (χ2n) is 6.74. The second kappa shape index (κ2) is 8.16. The van der Waals surface area contributed by atoms with Gasteiger partial charge in [0.1, 0.15) is 4.60 Å². The molecule has 0 spiro atoms. The lowest BCUT2D eigenvalue weighted by Gasteiger charge is -2.10. The van der Waals surface area contributed by atoms with Crippen LogP contribution in [0.1, 0.15) is 11.1 Å². The van der Waals surface area contributed by atoms with Crippen LogP contribution in [-0.4, -0.2) is 26.6 Å². The number of hydrogen-bond acceptors (Lipinski definition) is 4. The van der Waals surface area contributed by atoms with Gasteiger partial charge in [0.05, 0.1) is 24.6 Å². The Bertz CT molecular complexity index is 1310. The van der Waals surface area contributed by atoms with Gasteiger partial charge in [-0.15, -0.1) is 0 Å². The van der Waals surface area contributed by atoms with Crippen LogP contribution < -0.4 is 9.47 Å². The van der Waals surface area contributed by atoms with Gasteiger partial charge in [-0.05, 0) is 57.4 Å². The Hall–Kier alpha value is -2.77. The first-order chi connectivity index (χ1) is 14.5. The summed E-state index contributed by atoms with van der Waals surface area (Å²) in [4.78, 5) is 0.240. The molecule has 7 heteroatoms. The van der Waals surface area contributed by atoms with Crippen LogP contribution in [-0.2, 0) is 16.4 Å². The van der Waals surface area contributed by atoms with E-state index in [1.807, 2.05) is 42.5 Å². The highest BCUT2D eigenvalue weighted by molar-refractivity contribution is 9.10. The Morgan fingerprint density at radius 3 is 2.23 bits per heavy atom. The summed E-state index contributed by atoms with van der Waals surface area (Å²) in [6.07, 6.45) is 0.527. The third-order valence-corrected chi connectivity index (χ3v) is 7.78. The van der Waals surface area contributed by atoms with E-state index in [0.29, 0.717) is 28.0 Å². The molecule has 0 aliphatic carbocycles. The summed E-state index contributed by atoms with van der Waals surface area (Å²) >= 11 is 3.58. The fourth-order valence-corrected chi connectivity index (χ4v) is 6.11. The Morgan fingerprint density at radius 2 is 1.53 bits per heavy atom. The summed E-state index contributed by atoms with van der Waals surface area (Å²) in [5, 5.41) is 0.874. The highest BCUT2D eigenvalue weighted by Gasteiger charge is 2.25. The molecule has 5 nitrogen and oxygen atoms in total. The molecule has 0 saturated carbocycles. The van der Waals surface area contributed by atoms with E-state index in [-0.39, 0.29) is 4.90 Å².